The van der Waals surface area contributed by atoms with E-state index in [0.717, 1.165) is 30.0 Å². The van der Waals surface area contributed by atoms with Crippen molar-refractivity contribution in [2.45, 2.75) is 24.9 Å². The van der Waals surface area contributed by atoms with E-state index in [0.29, 0.717) is 16.8 Å². The number of nitrogen functional groups attached to an aromatic ring is 1. The molecule has 2 heterocycles. The van der Waals surface area contributed by atoms with E-state index in [9.17, 15) is 13.2 Å². The molecule has 4 N–H and O–H groups in total. The van der Waals surface area contributed by atoms with E-state index in [1.54, 1.807) is 18.2 Å². The molecule has 1 saturated carbocycles. The number of hydrogen-bond donors (Lipinski definition) is 3. The Morgan fingerprint density at radius 3 is 2.68 bits per heavy atom. The molecule has 0 unspecified atom stereocenters. The molecule has 25 heavy (non-hydrogen) atoms. The first-order chi connectivity index (χ1) is 11.9. The number of pyridine rings is 1. The Kier molecular flexibility index (Phi) is 3.31. The van der Waals surface area contributed by atoms with Crippen molar-refractivity contribution in [3.8, 4) is 11.3 Å². The van der Waals surface area contributed by atoms with Crippen molar-refractivity contribution in [1.29, 1.82) is 5.41 Å². The van der Waals surface area contributed by atoms with Crippen LogP contribution in [-0.2, 0) is 6.18 Å². The minimum Gasteiger partial charge on any atom is -0.398 e. The van der Waals surface area contributed by atoms with Gasteiger partial charge in [-0.15, -0.1) is 0 Å². The minimum absolute atomic E-state index is 0.0791. The fraction of sp³-hybridized carbons (Fsp3) is 0.235. The van der Waals surface area contributed by atoms with E-state index >= 15 is 0 Å². The molecule has 5 nitrogen and oxygen atoms in total. The monoisotopic (exact) mass is 345 g/mol. The van der Waals surface area contributed by atoms with Gasteiger partial charge in [-0.2, -0.15) is 18.3 Å². The van der Waals surface area contributed by atoms with E-state index in [1.807, 2.05) is 5.10 Å². The number of rotatable bonds is 3. The fourth-order valence-corrected chi connectivity index (χ4v) is 3.11. The summed E-state index contributed by atoms with van der Waals surface area (Å²) in [7, 11) is 0. The van der Waals surface area contributed by atoms with Crippen molar-refractivity contribution in [2.75, 3.05) is 5.73 Å². The van der Waals surface area contributed by atoms with Gasteiger partial charge in [0.05, 0.1) is 23.0 Å². The van der Waals surface area contributed by atoms with Crippen LogP contribution >= 0.6 is 0 Å². The van der Waals surface area contributed by atoms with Crippen molar-refractivity contribution in [3.63, 3.8) is 0 Å². The van der Waals surface area contributed by atoms with Crippen LogP contribution in [0.4, 0.5) is 18.9 Å². The molecule has 8 heteroatoms. The summed E-state index contributed by atoms with van der Waals surface area (Å²) in [6.07, 6.45) is -0.305. The van der Waals surface area contributed by atoms with Gasteiger partial charge in [-0.05, 0) is 42.5 Å². The highest BCUT2D eigenvalue weighted by atomic mass is 19.4. The molecule has 1 aromatic carbocycles. The molecular weight excluding hydrogens is 331 g/mol. The van der Waals surface area contributed by atoms with E-state index in [-0.39, 0.29) is 17.2 Å². The Hall–Kier alpha value is -2.90. The number of aromatic amines is 1. The molecule has 0 spiro atoms. The Morgan fingerprint density at radius 2 is 2.04 bits per heavy atom. The number of halogens is 3. The first-order valence-electron chi connectivity index (χ1n) is 7.74. The van der Waals surface area contributed by atoms with Gasteiger partial charge in [0.25, 0.3) is 0 Å². The number of anilines is 1. The van der Waals surface area contributed by atoms with Crippen LogP contribution in [0.3, 0.4) is 0 Å². The van der Waals surface area contributed by atoms with Crippen LogP contribution in [0.2, 0.25) is 0 Å². The molecule has 1 aliphatic carbocycles. The largest absolute Gasteiger partial charge is 0.433 e. The second-order valence-corrected chi connectivity index (χ2v) is 6.13. The predicted molar refractivity (Wildman–Crippen MR) is 88.6 cm³/mol. The number of nitrogens with two attached hydrogens (primary N) is 1. The molecule has 128 valence electrons. The Morgan fingerprint density at radius 1 is 1.28 bits per heavy atom. The van der Waals surface area contributed by atoms with Gasteiger partial charge >= 0.3 is 6.18 Å². The summed E-state index contributed by atoms with van der Waals surface area (Å²) in [6, 6.07) is 4.98. The third-order valence-electron chi connectivity index (χ3n) is 4.44. The Bertz CT molecular complexity index is 986. The number of H-pyrrole nitrogens is 1. The lowest BCUT2D eigenvalue weighted by atomic mass is 9.96. The molecule has 1 fully saturated rings. The number of alkyl halides is 3. The predicted octanol–water partition coefficient (Wildman–Crippen LogP) is 4.10. The average Bonchev–Trinajstić information content (AvgIpc) is 3.28. The summed E-state index contributed by atoms with van der Waals surface area (Å²) < 4.78 is 39.5. The van der Waals surface area contributed by atoms with E-state index in [1.165, 1.54) is 6.21 Å². The Labute approximate surface area is 140 Å². The second kappa shape index (κ2) is 5.30. The van der Waals surface area contributed by atoms with Crippen LogP contribution in [0.5, 0.6) is 0 Å². The smallest absolute Gasteiger partial charge is 0.398 e. The number of nitrogens with zero attached hydrogens (tertiary/aromatic N) is 2. The highest BCUT2D eigenvalue weighted by Crippen LogP contribution is 2.46. The first-order valence-corrected chi connectivity index (χ1v) is 7.74. The zero-order valence-electron chi connectivity index (χ0n) is 13.0. The minimum atomic E-state index is -4.54. The zero-order chi connectivity index (χ0) is 17.8. The van der Waals surface area contributed by atoms with Crippen molar-refractivity contribution >= 4 is 22.8 Å². The molecule has 0 aliphatic heterocycles. The molecule has 0 saturated heterocycles. The van der Waals surface area contributed by atoms with Crippen molar-refractivity contribution in [2.24, 2.45) is 0 Å². The highest BCUT2D eigenvalue weighted by Gasteiger charge is 2.37. The molecule has 1 aliphatic rings. The lowest BCUT2D eigenvalue weighted by Gasteiger charge is -2.13. The topological polar surface area (TPSA) is 91.4 Å². The van der Waals surface area contributed by atoms with E-state index in [2.05, 4.69) is 10.1 Å². The van der Waals surface area contributed by atoms with Gasteiger partial charge in [-0.3, -0.25) is 5.10 Å². The second-order valence-electron chi connectivity index (χ2n) is 6.13. The molecule has 0 atom stereocenters. The van der Waals surface area contributed by atoms with Gasteiger partial charge in [0.15, 0.2) is 0 Å². The average molecular weight is 345 g/mol. The molecule has 0 amide bonds. The van der Waals surface area contributed by atoms with Gasteiger partial charge in [-0.1, -0.05) is 0 Å². The molecular formula is C17H14F3N5. The SMILES string of the molecule is N=Cc1c(N)ccc2nc(-c3cn[nH]c3C(F)(F)F)cc(C3CC3)c12. The summed E-state index contributed by atoms with van der Waals surface area (Å²) >= 11 is 0. The van der Waals surface area contributed by atoms with Crippen molar-refractivity contribution in [3.05, 3.63) is 41.2 Å². The fourth-order valence-electron chi connectivity index (χ4n) is 3.11. The lowest BCUT2D eigenvalue weighted by molar-refractivity contribution is -0.140. The lowest BCUT2D eigenvalue weighted by Crippen LogP contribution is -2.08. The van der Waals surface area contributed by atoms with Gasteiger partial charge in [0.2, 0.25) is 0 Å². The van der Waals surface area contributed by atoms with Crippen LogP contribution in [0, 0.1) is 5.41 Å². The van der Waals surface area contributed by atoms with Crippen molar-refractivity contribution < 1.29 is 13.2 Å². The molecule has 3 aromatic rings. The molecule has 0 bridgehead atoms. The van der Waals surface area contributed by atoms with Crippen LogP contribution < -0.4 is 5.73 Å². The highest BCUT2D eigenvalue weighted by molar-refractivity contribution is 6.05. The zero-order valence-corrected chi connectivity index (χ0v) is 13.0. The maximum atomic E-state index is 13.2. The van der Waals surface area contributed by atoms with E-state index in [4.69, 9.17) is 11.1 Å². The van der Waals surface area contributed by atoms with Crippen molar-refractivity contribution in [1.82, 2.24) is 15.2 Å². The maximum Gasteiger partial charge on any atom is 0.433 e. The third-order valence-corrected chi connectivity index (χ3v) is 4.44. The van der Waals surface area contributed by atoms with Crippen LogP contribution in [-0.4, -0.2) is 21.4 Å². The Balaban J connectivity index is 2.01. The standard InChI is InChI=1S/C17H14F3N5/c18-17(19,20)16-11(7-23-25-16)14-5-9(8-1-2-8)15-10(6-21)12(22)3-4-13(15)24-14/h3-8,21H,1-2,22H2,(H,23,25). The van der Waals surface area contributed by atoms with Crippen LogP contribution in [0.1, 0.15) is 35.6 Å². The normalized spacial score (nSPS) is 14.8. The molecule has 4 rings (SSSR count). The number of hydrogen-bond acceptors (Lipinski definition) is 4. The first kappa shape index (κ1) is 15.6. The number of fused-ring (bicyclic) bond motifs is 1. The van der Waals surface area contributed by atoms with E-state index < -0.39 is 11.9 Å². The summed E-state index contributed by atoms with van der Waals surface area (Å²) in [5.41, 5.74) is 7.62. The quantitative estimate of drug-likeness (QED) is 0.493. The van der Waals surface area contributed by atoms with Gasteiger partial charge in [0.1, 0.15) is 5.69 Å². The molecule has 0 radical (unpaired) electrons. The number of nitrogens with one attached hydrogen (secondary N) is 2. The summed E-state index contributed by atoms with van der Waals surface area (Å²) in [5, 5.41) is 13.9. The van der Waals surface area contributed by atoms with Gasteiger partial charge < -0.3 is 11.1 Å². The van der Waals surface area contributed by atoms with Crippen LogP contribution in [0.25, 0.3) is 22.2 Å². The molecule has 2 aromatic heterocycles. The van der Waals surface area contributed by atoms with Gasteiger partial charge in [-0.25, -0.2) is 4.98 Å². The third kappa shape index (κ3) is 2.54. The number of aromatic nitrogens is 3. The number of benzene rings is 1. The van der Waals surface area contributed by atoms with Crippen LogP contribution in [0.15, 0.2) is 24.4 Å². The summed E-state index contributed by atoms with van der Waals surface area (Å²) in [4.78, 5) is 4.39. The summed E-state index contributed by atoms with van der Waals surface area (Å²) in [6.45, 7) is 0. The summed E-state index contributed by atoms with van der Waals surface area (Å²) in [5.74, 6) is 0.256. The van der Waals surface area contributed by atoms with Gasteiger partial charge in [0, 0.05) is 22.9 Å². The maximum absolute atomic E-state index is 13.2.